The SMILES string of the molecule is CCN1C2=NSSC2=CC2=C1[N]SS2. The number of hydrogen-bond acceptors (Lipinski definition) is 6. The van der Waals surface area contributed by atoms with E-state index in [-0.39, 0.29) is 0 Å². The van der Waals surface area contributed by atoms with Crippen molar-refractivity contribution in [2.24, 2.45) is 4.40 Å². The van der Waals surface area contributed by atoms with E-state index in [2.05, 4.69) is 27.0 Å². The molecule has 0 amide bonds. The molecule has 0 aromatic rings. The van der Waals surface area contributed by atoms with Gasteiger partial charge in [0.05, 0.1) is 31.8 Å². The lowest BCUT2D eigenvalue weighted by atomic mass is 10.3. The molecule has 0 N–H and O–H groups in total. The van der Waals surface area contributed by atoms with Gasteiger partial charge in [0.25, 0.3) is 0 Å². The van der Waals surface area contributed by atoms with E-state index in [9.17, 15) is 0 Å². The summed E-state index contributed by atoms with van der Waals surface area (Å²) in [6.45, 7) is 3.06. The van der Waals surface area contributed by atoms with Gasteiger partial charge >= 0.3 is 0 Å². The number of fused-ring (bicyclic) bond motifs is 1. The average Bonchev–Trinajstić information content (AvgIpc) is 2.80. The zero-order chi connectivity index (χ0) is 9.54. The molecule has 0 bridgehead atoms. The first kappa shape index (κ1) is 9.38. The maximum absolute atomic E-state index is 4.41. The molecule has 0 atom stereocenters. The fraction of sp³-hybridized carbons (Fsp3) is 0.286. The van der Waals surface area contributed by atoms with Crippen molar-refractivity contribution in [2.45, 2.75) is 6.92 Å². The second kappa shape index (κ2) is 3.62. The smallest absolute Gasteiger partial charge is 0.157 e. The van der Waals surface area contributed by atoms with Crippen molar-refractivity contribution >= 4 is 49.4 Å². The third-order valence-electron chi connectivity index (χ3n) is 2.03. The van der Waals surface area contributed by atoms with E-state index >= 15 is 0 Å². The van der Waals surface area contributed by atoms with E-state index in [4.69, 9.17) is 0 Å². The number of likely N-dealkylation sites (N-methyl/N-ethyl adjacent to an activating group) is 1. The first-order chi connectivity index (χ1) is 6.90. The molecule has 0 fully saturated rings. The number of hydrogen-bond donors (Lipinski definition) is 0. The van der Waals surface area contributed by atoms with Gasteiger partial charge in [-0.1, -0.05) is 0 Å². The molecule has 0 unspecified atom stereocenters. The number of amidine groups is 1. The van der Waals surface area contributed by atoms with Crippen LogP contribution in [-0.2, 0) is 0 Å². The number of rotatable bonds is 1. The molecule has 3 rings (SSSR count). The van der Waals surface area contributed by atoms with Gasteiger partial charge < -0.3 is 4.90 Å². The zero-order valence-corrected chi connectivity index (χ0v) is 10.5. The third-order valence-corrected chi connectivity index (χ3v) is 5.61. The van der Waals surface area contributed by atoms with Gasteiger partial charge in [-0.15, -0.1) is 0 Å². The van der Waals surface area contributed by atoms with Crippen LogP contribution in [0.1, 0.15) is 6.92 Å². The highest BCUT2D eigenvalue weighted by molar-refractivity contribution is 8.78. The van der Waals surface area contributed by atoms with Gasteiger partial charge in [-0.2, -0.15) is 9.12 Å². The Bertz CT molecular complexity index is 373. The minimum atomic E-state index is 0.931. The van der Waals surface area contributed by atoms with Gasteiger partial charge in [0.15, 0.2) is 11.7 Å². The van der Waals surface area contributed by atoms with E-state index < -0.39 is 0 Å². The molecule has 0 saturated carbocycles. The molecule has 7 heteroatoms. The molecule has 0 aromatic heterocycles. The molecular weight excluding hydrogens is 254 g/mol. The Hall–Kier alpha value is 0.150. The van der Waals surface area contributed by atoms with Crippen LogP contribution in [0.15, 0.2) is 26.1 Å². The van der Waals surface area contributed by atoms with E-state index in [0.29, 0.717) is 0 Å². The van der Waals surface area contributed by atoms with Crippen LogP contribution in [0.4, 0.5) is 0 Å². The second-order valence-corrected chi connectivity index (χ2v) is 6.53. The van der Waals surface area contributed by atoms with E-state index in [1.54, 1.807) is 43.5 Å². The summed E-state index contributed by atoms with van der Waals surface area (Å²) in [6.07, 6.45) is 2.19. The molecule has 3 heterocycles. The van der Waals surface area contributed by atoms with Crippen LogP contribution in [0.25, 0.3) is 0 Å². The van der Waals surface area contributed by atoms with Crippen LogP contribution in [0.3, 0.4) is 0 Å². The summed E-state index contributed by atoms with van der Waals surface area (Å²) in [5, 5.41) is 0. The number of nitrogens with zero attached hydrogens (tertiary/aromatic N) is 3. The van der Waals surface area contributed by atoms with Crippen molar-refractivity contribution < 1.29 is 0 Å². The summed E-state index contributed by atoms with van der Waals surface area (Å²) >= 11 is 0. The Morgan fingerprint density at radius 2 is 2.29 bits per heavy atom. The van der Waals surface area contributed by atoms with Crippen LogP contribution in [-0.4, -0.2) is 17.3 Å². The van der Waals surface area contributed by atoms with Gasteiger partial charge in [0, 0.05) is 6.54 Å². The van der Waals surface area contributed by atoms with Gasteiger partial charge in [0.1, 0.15) is 0 Å². The fourth-order valence-electron chi connectivity index (χ4n) is 1.41. The molecule has 0 aliphatic carbocycles. The molecule has 0 saturated heterocycles. The summed E-state index contributed by atoms with van der Waals surface area (Å²) < 4.78 is 8.82. The van der Waals surface area contributed by atoms with Crippen LogP contribution >= 0.6 is 43.5 Å². The molecular formula is C7H6N3S4. The summed E-state index contributed by atoms with van der Waals surface area (Å²) in [7, 11) is 6.55. The fourth-order valence-corrected chi connectivity index (χ4v) is 5.03. The van der Waals surface area contributed by atoms with Gasteiger partial charge in [0.2, 0.25) is 0 Å². The molecule has 3 aliphatic rings. The zero-order valence-electron chi connectivity index (χ0n) is 7.26. The van der Waals surface area contributed by atoms with E-state index in [1.807, 2.05) is 0 Å². The van der Waals surface area contributed by atoms with Crippen LogP contribution in [0, 0.1) is 0 Å². The van der Waals surface area contributed by atoms with Crippen LogP contribution < -0.4 is 4.72 Å². The largest absolute Gasteiger partial charge is 0.308 e. The second-order valence-electron chi connectivity index (χ2n) is 2.76. The highest BCUT2D eigenvalue weighted by Gasteiger charge is 2.33. The van der Waals surface area contributed by atoms with Crippen molar-refractivity contribution in [1.29, 1.82) is 0 Å². The maximum Gasteiger partial charge on any atom is 0.157 e. The lowest BCUT2D eigenvalue weighted by Gasteiger charge is -2.25. The Kier molecular flexibility index (Phi) is 2.43. The van der Waals surface area contributed by atoms with E-state index in [0.717, 1.165) is 18.2 Å². The molecule has 1 radical (unpaired) electrons. The lowest BCUT2D eigenvalue weighted by Crippen LogP contribution is -2.33. The van der Waals surface area contributed by atoms with Crippen molar-refractivity contribution in [2.75, 3.05) is 6.54 Å². The molecule has 73 valence electrons. The standard InChI is InChI=1S/C7H6N3S4/c1-2-10-6-4(11-13-8-6)3-5-7(10)9-14-12-5/h3H,2H2,1H3. The van der Waals surface area contributed by atoms with Crippen molar-refractivity contribution in [3.05, 3.63) is 21.7 Å². The number of allylic oxidation sites excluding steroid dienone is 1. The van der Waals surface area contributed by atoms with Gasteiger partial charge in [-0.05, 0) is 34.6 Å². The van der Waals surface area contributed by atoms with Crippen molar-refractivity contribution in [3.63, 3.8) is 0 Å². The van der Waals surface area contributed by atoms with Gasteiger partial charge in [-0.3, -0.25) is 0 Å². The topological polar surface area (TPSA) is 29.7 Å². The van der Waals surface area contributed by atoms with Crippen LogP contribution in [0.5, 0.6) is 0 Å². The van der Waals surface area contributed by atoms with Gasteiger partial charge in [-0.25, -0.2) is 0 Å². The monoisotopic (exact) mass is 260 g/mol. The lowest BCUT2D eigenvalue weighted by molar-refractivity contribution is 0.522. The molecule has 0 spiro atoms. The molecule has 0 aromatic carbocycles. The average molecular weight is 260 g/mol. The minimum absolute atomic E-state index is 0.931. The Balaban J connectivity index is 2.07. The third kappa shape index (κ3) is 1.30. The Labute approximate surface area is 98.3 Å². The summed E-state index contributed by atoms with van der Waals surface area (Å²) in [5.41, 5.74) is 0. The van der Waals surface area contributed by atoms with Crippen molar-refractivity contribution in [3.8, 4) is 0 Å². The van der Waals surface area contributed by atoms with Crippen LogP contribution in [0.2, 0.25) is 0 Å². The molecule has 3 aliphatic heterocycles. The highest BCUT2D eigenvalue weighted by atomic mass is 33.1. The highest BCUT2D eigenvalue weighted by Crippen LogP contribution is 2.50. The maximum atomic E-state index is 4.41. The Morgan fingerprint density at radius 1 is 1.36 bits per heavy atom. The predicted molar refractivity (Wildman–Crippen MR) is 67.4 cm³/mol. The first-order valence-electron chi connectivity index (χ1n) is 4.10. The van der Waals surface area contributed by atoms with E-state index in [1.165, 1.54) is 9.81 Å². The Morgan fingerprint density at radius 3 is 3.14 bits per heavy atom. The summed E-state index contributed by atoms with van der Waals surface area (Å²) in [4.78, 5) is 4.71. The summed E-state index contributed by atoms with van der Waals surface area (Å²) in [6, 6.07) is 0. The van der Waals surface area contributed by atoms with Crippen molar-refractivity contribution in [1.82, 2.24) is 9.62 Å². The molecule has 14 heavy (non-hydrogen) atoms. The molecule has 3 nitrogen and oxygen atoms in total. The first-order valence-corrected chi connectivity index (χ1v) is 8.32. The normalized spacial score (nSPS) is 24.2. The quantitative estimate of drug-likeness (QED) is 0.534. The predicted octanol–water partition coefficient (Wildman–Crippen LogP) is 3.00. The summed E-state index contributed by atoms with van der Waals surface area (Å²) in [5.74, 6) is 2.15. The minimum Gasteiger partial charge on any atom is -0.308 e.